The second kappa shape index (κ2) is 9.72. The number of nitrogens with zero attached hydrogens (tertiary/aromatic N) is 3. The first-order valence-electron chi connectivity index (χ1n) is 9.18. The molecule has 0 bridgehead atoms. The number of aromatic nitrogens is 1. The maximum Gasteiger partial charge on any atom is 0.273 e. The average Bonchev–Trinajstić information content (AvgIpc) is 3.16. The van der Waals surface area contributed by atoms with E-state index in [1.165, 1.54) is 29.5 Å². The van der Waals surface area contributed by atoms with Gasteiger partial charge >= 0.3 is 0 Å². The van der Waals surface area contributed by atoms with Crippen LogP contribution in [0.4, 0.5) is 9.52 Å². The van der Waals surface area contributed by atoms with Crippen LogP contribution in [0.2, 0.25) is 0 Å². The summed E-state index contributed by atoms with van der Waals surface area (Å²) in [6.07, 6.45) is 0. The highest BCUT2D eigenvalue weighted by molar-refractivity contribution is 7.14. The molecule has 1 saturated heterocycles. The maximum absolute atomic E-state index is 13.2. The van der Waals surface area contributed by atoms with E-state index in [4.69, 9.17) is 4.74 Å². The molecule has 0 unspecified atom stereocenters. The van der Waals surface area contributed by atoms with Crippen LogP contribution in [0.3, 0.4) is 0 Å². The Morgan fingerprint density at radius 3 is 2.79 bits per heavy atom. The van der Waals surface area contributed by atoms with Gasteiger partial charge in [0.05, 0.1) is 6.61 Å². The number of ether oxygens (including phenoxy) is 1. The summed E-state index contributed by atoms with van der Waals surface area (Å²) in [6.45, 7) is 7.10. The molecule has 0 aliphatic carbocycles. The van der Waals surface area contributed by atoms with Crippen molar-refractivity contribution in [3.63, 3.8) is 0 Å². The van der Waals surface area contributed by atoms with Crippen molar-refractivity contribution in [3.05, 3.63) is 46.7 Å². The van der Waals surface area contributed by atoms with E-state index in [2.05, 4.69) is 15.2 Å². The second-order valence-corrected chi connectivity index (χ2v) is 7.19. The van der Waals surface area contributed by atoms with Gasteiger partial charge in [0, 0.05) is 50.3 Å². The van der Waals surface area contributed by atoms with Crippen LogP contribution in [0.1, 0.15) is 27.8 Å². The highest BCUT2D eigenvalue weighted by atomic mass is 32.1. The summed E-state index contributed by atoms with van der Waals surface area (Å²) in [7, 11) is 0. The summed E-state index contributed by atoms with van der Waals surface area (Å²) in [5, 5.41) is 4.55. The van der Waals surface area contributed by atoms with Crippen molar-refractivity contribution in [3.8, 4) is 0 Å². The SMILES string of the molecule is CCOCCN1CCN(C(=O)c2csc(NC(=O)c3cccc(F)c3)n2)CC1. The lowest BCUT2D eigenvalue weighted by molar-refractivity contribution is 0.0560. The van der Waals surface area contributed by atoms with E-state index >= 15 is 0 Å². The summed E-state index contributed by atoms with van der Waals surface area (Å²) in [5.74, 6) is -1.09. The summed E-state index contributed by atoms with van der Waals surface area (Å²) in [5.41, 5.74) is 0.508. The molecule has 3 rings (SSSR count). The van der Waals surface area contributed by atoms with Crippen LogP contribution in [0.15, 0.2) is 29.6 Å². The van der Waals surface area contributed by atoms with Crippen molar-refractivity contribution in [1.29, 1.82) is 0 Å². The van der Waals surface area contributed by atoms with Crippen molar-refractivity contribution < 1.29 is 18.7 Å². The Bertz CT molecular complexity index is 821. The highest BCUT2D eigenvalue weighted by Gasteiger charge is 2.24. The average molecular weight is 406 g/mol. The van der Waals surface area contributed by atoms with Crippen molar-refractivity contribution in [2.24, 2.45) is 0 Å². The number of amides is 2. The first-order chi connectivity index (χ1) is 13.6. The first-order valence-corrected chi connectivity index (χ1v) is 10.1. The second-order valence-electron chi connectivity index (χ2n) is 6.33. The Hall–Kier alpha value is -2.36. The summed E-state index contributed by atoms with van der Waals surface area (Å²) in [6, 6.07) is 5.41. The van der Waals surface area contributed by atoms with Crippen LogP contribution in [0, 0.1) is 5.82 Å². The predicted octanol–water partition coefficient (Wildman–Crippen LogP) is 2.33. The molecule has 1 N–H and O–H groups in total. The zero-order valence-electron chi connectivity index (χ0n) is 15.7. The Kier molecular flexibility index (Phi) is 7.07. The molecule has 0 atom stereocenters. The van der Waals surface area contributed by atoms with Crippen LogP contribution in [-0.2, 0) is 4.74 Å². The summed E-state index contributed by atoms with van der Waals surface area (Å²) >= 11 is 1.17. The lowest BCUT2D eigenvalue weighted by atomic mass is 10.2. The minimum Gasteiger partial charge on any atom is -0.380 e. The van der Waals surface area contributed by atoms with Crippen LogP contribution < -0.4 is 5.32 Å². The molecule has 1 aromatic heterocycles. The molecule has 0 radical (unpaired) electrons. The fourth-order valence-corrected chi connectivity index (χ4v) is 3.58. The fourth-order valence-electron chi connectivity index (χ4n) is 2.90. The number of piperazine rings is 1. The number of carbonyl (C=O) groups is 2. The molecule has 1 fully saturated rings. The normalized spacial score (nSPS) is 14.9. The quantitative estimate of drug-likeness (QED) is 0.715. The molecule has 0 spiro atoms. The van der Waals surface area contributed by atoms with Crippen LogP contribution in [0.5, 0.6) is 0 Å². The Morgan fingerprint density at radius 2 is 2.07 bits per heavy atom. The molecule has 9 heteroatoms. The van der Waals surface area contributed by atoms with E-state index in [1.807, 2.05) is 6.92 Å². The molecule has 28 heavy (non-hydrogen) atoms. The minimum atomic E-state index is -0.483. The van der Waals surface area contributed by atoms with Crippen molar-refractivity contribution in [2.45, 2.75) is 6.92 Å². The molecule has 2 heterocycles. The maximum atomic E-state index is 13.2. The van der Waals surface area contributed by atoms with Gasteiger partial charge in [-0.15, -0.1) is 11.3 Å². The standard InChI is InChI=1S/C19H23FN4O3S/c1-2-27-11-10-23-6-8-24(9-7-23)18(26)16-13-28-19(21-16)22-17(25)14-4-3-5-15(20)12-14/h3-5,12-13H,2,6-11H2,1H3,(H,21,22,25). The van der Waals surface area contributed by atoms with E-state index < -0.39 is 11.7 Å². The zero-order valence-corrected chi connectivity index (χ0v) is 16.5. The number of halogens is 1. The number of rotatable bonds is 7. The molecule has 1 aromatic carbocycles. The third kappa shape index (κ3) is 5.34. The number of benzene rings is 1. The summed E-state index contributed by atoms with van der Waals surface area (Å²) < 4.78 is 18.6. The highest BCUT2D eigenvalue weighted by Crippen LogP contribution is 2.19. The molecular weight excluding hydrogens is 383 g/mol. The number of nitrogens with one attached hydrogen (secondary N) is 1. The van der Waals surface area contributed by atoms with Crippen molar-refractivity contribution in [2.75, 3.05) is 51.3 Å². The number of hydrogen-bond donors (Lipinski definition) is 1. The van der Waals surface area contributed by atoms with Gasteiger partial charge in [-0.2, -0.15) is 0 Å². The Morgan fingerprint density at radius 1 is 1.29 bits per heavy atom. The van der Waals surface area contributed by atoms with Gasteiger partial charge < -0.3 is 9.64 Å². The van der Waals surface area contributed by atoms with Gasteiger partial charge in [0.25, 0.3) is 11.8 Å². The molecular formula is C19H23FN4O3S. The number of carbonyl (C=O) groups excluding carboxylic acids is 2. The smallest absolute Gasteiger partial charge is 0.273 e. The fraction of sp³-hybridized carbons (Fsp3) is 0.421. The third-order valence-electron chi connectivity index (χ3n) is 4.45. The summed E-state index contributed by atoms with van der Waals surface area (Å²) in [4.78, 5) is 33.1. The van der Waals surface area contributed by atoms with Gasteiger partial charge in [-0.1, -0.05) is 6.07 Å². The van der Waals surface area contributed by atoms with E-state index in [9.17, 15) is 14.0 Å². The molecule has 150 valence electrons. The van der Waals surface area contributed by atoms with Gasteiger partial charge in [0.2, 0.25) is 0 Å². The van der Waals surface area contributed by atoms with E-state index in [1.54, 1.807) is 10.3 Å². The van der Waals surface area contributed by atoms with Gasteiger partial charge in [-0.3, -0.25) is 19.8 Å². The number of anilines is 1. The number of thiazole rings is 1. The minimum absolute atomic E-state index is 0.146. The van der Waals surface area contributed by atoms with Crippen LogP contribution >= 0.6 is 11.3 Å². The molecule has 2 aromatic rings. The topological polar surface area (TPSA) is 74.8 Å². The molecule has 0 saturated carbocycles. The van der Waals surface area contributed by atoms with Gasteiger partial charge in [-0.05, 0) is 25.1 Å². The molecule has 1 aliphatic heterocycles. The van der Waals surface area contributed by atoms with Gasteiger partial charge in [0.1, 0.15) is 11.5 Å². The number of hydrogen-bond acceptors (Lipinski definition) is 6. The van der Waals surface area contributed by atoms with Crippen LogP contribution in [-0.4, -0.2) is 72.5 Å². The zero-order chi connectivity index (χ0) is 19.9. The van der Waals surface area contributed by atoms with Crippen molar-refractivity contribution >= 4 is 28.3 Å². The third-order valence-corrected chi connectivity index (χ3v) is 5.20. The Labute approximate surface area is 167 Å². The predicted molar refractivity (Wildman–Crippen MR) is 105 cm³/mol. The lowest BCUT2D eigenvalue weighted by Crippen LogP contribution is -2.49. The monoisotopic (exact) mass is 406 g/mol. The van der Waals surface area contributed by atoms with E-state index in [0.29, 0.717) is 37.1 Å². The van der Waals surface area contributed by atoms with Gasteiger partial charge in [0.15, 0.2) is 5.13 Å². The van der Waals surface area contributed by atoms with Crippen molar-refractivity contribution in [1.82, 2.24) is 14.8 Å². The van der Waals surface area contributed by atoms with Crippen LogP contribution in [0.25, 0.3) is 0 Å². The molecule has 1 aliphatic rings. The first kappa shape index (κ1) is 20.4. The largest absolute Gasteiger partial charge is 0.380 e. The Balaban J connectivity index is 1.52. The van der Waals surface area contributed by atoms with E-state index in [-0.39, 0.29) is 11.5 Å². The van der Waals surface area contributed by atoms with E-state index in [0.717, 1.165) is 25.7 Å². The van der Waals surface area contributed by atoms with Gasteiger partial charge in [-0.25, -0.2) is 9.37 Å². The lowest BCUT2D eigenvalue weighted by Gasteiger charge is -2.34. The molecule has 7 nitrogen and oxygen atoms in total. The molecule has 2 amide bonds.